The van der Waals surface area contributed by atoms with Crippen molar-refractivity contribution >= 4 is 43.4 Å². The smallest absolute Gasteiger partial charge is 0.0992 e. The fraction of sp³-hybridized carbons (Fsp3) is 0. The highest BCUT2D eigenvalue weighted by Crippen LogP contribution is 2.44. The summed E-state index contributed by atoms with van der Waals surface area (Å²) in [5.41, 5.74) is 10.8. The number of aromatic nitrogens is 1. The van der Waals surface area contributed by atoms with Crippen molar-refractivity contribution in [1.82, 2.24) is 4.57 Å². The molecule has 2 heteroatoms. The van der Waals surface area contributed by atoms with Crippen molar-refractivity contribution in [1.29, 1.82) is 5.26 Å². The molecule has 0 aliphatic carbocycles. The Morgan fingerprint density at radius 3 is 1.30 bits per heavy atom. The topological polar surface area (TPSA) is 28.7 Å². The first-order valence-electron chi connectivity index (χ1n) is 15.9. The first kappa shape index (κ1) is 26.9. The normalized spacial score (nSPS) is 11.4. The Bertz CT molecular complexity index is 2560. The van der Waals surface area contributed by atoms with Gasteiger partial charge in [0.1, 0.15) is 0 Å². The largest absolute Gasteiger partial charge is 0.309 e. The highest BCUT2D eigenvalue weighted by Gasteiger charge is 2.17. The second-order valence-corrected chi connectivity index (χ2v) is 12.0. The van der Waals surface area contributed by atoms with Crippen LogP contribution in [0.3, 0.4) is 0 Å². The summed E-state index contributed by atoms with van der Waals surface area (Å²) in [4.78, 5) is 0. The number of fused-ring (bicyclic) bond motifs is 5. The molecule has 0 atom stereocenters. The molecule has 0 saturated heterocycles. The minimum Gasteiger partial charge on any atom is -0.309 e. The van der Waals surface area contributed by atoms with E-state index in [2.05, 4.69) is 168 Å². The van der Waals surface area contributed by atoms with Crippen molar-refractivity contribution in [3.8, 4) is 45.1 Å². The molecule has 8 aromatic carbocycles. The lowest BCUT2D eigenvalue weighted by atomic mass is 9.85. The Morgan fingerprint density at radius 1 is 0.362 bits per heavy atom. The molecule has 0 aliphatic heterocycles. The quantitative estimate of drug-likeness (QED) is 0.186. The van der Waals surface area contributed by atoms with Gasteiger partial charge >= 0.3 is 0 Å². The predicted octanol–water partition coefficient (Wildman–Crippen LogP) is 12.0. The van der Waals surface area contributed by atoms with Gasteiger partial charge in [-0.3, -0.25) is 0 Å². The first-order chi connectivity index (χ1) is 23.3. The standard InChI is InChI=1S/C45H28N2/c46-29-30-26-34(28-35(27-30)47-42-20-10-8-14-36(42)37-15-9-11-21-43(37)47)31-22-24-33(25-23-31)45-40-18-6-4-16-38(40)44(32-12-2-1-3-13-32)39-17-5-7-19-41(39)45/h1-28H. The van der Waals surface area contributed by atoms with Crippen LogP contribution >= 0.6 is 0 Å². The molecule has 0 radical (unpaired) electrons. The summed E-state index contributed by atoms with van der Waals surface area (Å²) < 4.78 is 2.27. The van der Waals surface area contributed by atoms with E-state index in [0.29, 0.717) is 5.56 Å². The third-order valence-electron chi connectivity index (χ3n) is 9.39. The zero-order chi connectivity index (χ0) is 31.3. The lowest BCUT2D eigenvalue weighted by molar-refractivity contribution is 1.18. The Labute approximate surface area is 273 Å². The number of benzene rings is 8. The third kappa shape index (κ3) is 4.33. The van der Waals surface area contributed by atoms with Crippen LogP contribution in [0.1, 0.15) is 5.56 Å². The number of nitriles is 1. The van der Waals surface area contributed by atoms with E-state index < -0.39 is 0 Å². The molecule has 0 saturated carbocycles. The molecule has 0 unspecified atom stereocenters. The Balaban J connectivity index is 1.21. The molecule has 0 bridgehead atoms. The lowest BCUT2D eigenvalue weighted by Crippen LogP contribution is -1.96. The maximum absolute atomic E-state index is 10.1. The molecule has 218 valence electrons. The van der Waals surface area contributed by atoms with Crippen LogP contribution in [-0.4, -0.2) is 4.57 Å². The molecule has 0 N–H and O–H groups in total. The van der Waals surface area contributed by atoms with Crippen LogP contribution in [0.25, 0.3) is 82.4 Å². The van der Waals surface area contributed by atoms with E-state index >= 15 is 0 Å². The van der Waals surface area contributed by atoms with Crippen LogP contribution in [0.4, 0.5) is 0 Å². The van der Waals surface area contributed by atoms with Gasteiger partial charge < -0.3 is 4.57 Å². The number of hydrogen-bond donors (Lipinski definition) is 0. The fourth-order valence-corrected chi connectivity index (χ4v) is 7.36. The van der Waals surface area contributed by atoms with E-state index in [4.69, 9.17) is 0 Å². The molecule has 9 aromatic rings. The molecule has 47 heavy (non-hydrogen) atoms. The predicted molar refractivity (Wildman–Crippen MR) is 197 cm³/mol. The zero-order valence-electron chi connectivity index (χ0n) is 25.6. The number of rotatable bonds is 4. The van der Waals surface area contributed by atoms with Gasteiger partial charge in [0.2, 0.25) is 0 Å². The van der Waals surface area contributed by atoms with Gasteiger partial charge in [-0.05, 0) is 85.3 Å². The third-order valence-corrected chi connectivity index (χ3v) is 9.39. The zero-order valence-corrected chi connectivity index (χ0v) is 25.6. The van der Waals surface area contributed by atoms with E-state index in [1.54, 1.807) is 0 Å². The fourth-order valence-electron chi connectivity index (χ4n) is 7.36. The van der Waals surface area contributed by atoms with Crippen LogP contribution in [-0.2, 0) is 0 Å². The van der Waals surface area contributed by atoms with Gasteiger partial charge in [-0.25, -0.2) is 0 Å². The minimum absolute atomic E-state index is 0.636. The van der Waals surface area contributed by atoms with E-state index in [-0.39, 0.29) is 0 Å². The van der Waals surface area contributed by atoms with Crippen molar-refractivity contribution < 1.29 is 0 Å². The van der Waals surface area contributed by atoms with E-state index in [1.165, 1.54) is 54.6 Å². The van der Waals surface area contributed by atoms with Crippen LogP contribution in [0, 0.1) is 11.3 Å². The SMILES string of the molecule is N#Cc1cc(-c2ccc(-c3c4ccccc4c(-c4ccccc4)c4ccccc34)cc2)cc(-n2c3ccccc3c3ccccc32)c1. The minimum atomic E-state index is 0.636. The van der Waals surface area contributed by atoms with Crippen LogP contribution in [0.5, 0.6) is 0 Å². The molecule has 2 nitrogen and oxygen atoms in total. The van der Waals surface area contributed by atoms with Gasteiger partial charge in [0.05, 0.1) is 22.7 Å². The summed E-state index contributed by atoms with van der Waals surface area (Å²) in [6, 6.07) is 62.6. The summed E-state index contributed by atoms with van der Waals surface area (Å²) in [5.74, 6) is 0. The molecule has 9 rings (SSSR count). The number of para-hydroxylation sites is 2. The monoisotopic (exact) mass is 596 g/mol. The highest BCUT2D eigenvalue weighted by atomic mass is 15.0. The molecular formula is C45H28N2. The van der Waals surface area contributed by atoms with Gasteiger partial charge in [-0.15, -0.1) is 0 Å². The Morgan fingerprint density at radius 2 is 0.787 bits per heavy atom. The number of hydrogen-bond acceptors (Lipinski definition) is 1. The van der Waals surface area contributed by atoms with E-state index in [9.17, 15) is 5.26 Å². The second kappa shape index (κ2) is 10.9. The molecule has 0 spiro atoms. The van der Waals surface area contributed by atoms with Gasteiger partial charge in [0.25, 0.3) is 0 Å². The van der Waals surface area contributed by atoms with Gasteiger partial charge in [0, 0.05) is 16.5 Å². The van der Waals surface area contributed by atoms with E-state index in [1.807, 2.05) is 12.1 Å². The van der Waals surface area contributed by atoms with Crippen LogP contribution in [0.15, 0.2) is 170 Å². The Hall–Kier alpha value is -6.43. The van der Waals surface area contributed by atoms with Crippen molar-refractivity contribution in [2.75, 3.05) is 0 Å². The summed E-state index contributed by atoms with van der Waals surface area (Å²) in [6.45, 7) is 0. The van der Waals surface area contributed by atoms with Gasteiger partial charge in [-0.1, -0.05) is 140 Å². The summed E-state index contributed by atoms with van der Waals surface area (Å²) >= 11 is 0. The van der Waals surface area contributed by atoms with Crippen LogP contribution in [0.2, 0.25) is 0 Å². The molecule has 0 aliphatic rings. The van der Waals surface area contributed by atoms with E-state index in [0.717, 1.165) is 27.8 Å². The van der Waals surface area contributed by atoms with Crippen molar-refractivity contribution in [3.05, 3.63) is 175 Å². The van der Waals surface area contributed by atoms with Crippen molar-refractivity contribution in [2.45, 2.75) is 0 Å². The lowest BCUT2D eigenvalue weighted by Gasteiger charge is -2.18. The van der Waals surface area contributed by atoms with Crippen molar-refractivity contribution in [3.63, 3.8) is 0 Å². The summed E-state index contributed by atoms with van der Waals surface area (Å²) in [5, 5.41) is 17.5. The maximum Gasteiger partial charge on any atom is 0.0992 e. The average molecular weight is 597 g/mol. The Kier molecular flexibility index (Phi) is 6.23. The highest BCUT2D eigenvalue weighted by molar-refractivity contribution is 6.21. The molecule has 0 amide bonds. The summed E-state index contributed by atoms with van der Waals surface area (Å²) in [7, 11) is 0. The van der Waals surface area contributed by atoms with Crippen LogP contribution < -0.4 is 0 Å². The number of nitrogens with zero attached hydrogens (tertiary/aromatic N) is 2. The second-order valence-electron chi connectivity index (χ2n) is 12.0. The summed E-state index contributed by atoms with van der Waals surface area (Å²) in [6.07, 6.45) is 0. The van der Waals surface area contributed by atoms with Gasteiger partial charge in [0.15, 0.2) is 0 Å². The molecular weight excluding hydrogens is 569 g/mol. The molecule has 0 fully saturated rings. The maximum atomic E-state index is 10.1. The molecule has 1 heterocycles. The first-order valence-corrected chi connectivity index (χ1v) is 15.9. The van der Waals surface area contributed by atoms with Crippen molar-refractivity contribution in [2.24, 2.45) is 0 Å². The van der Waals surface area contributed by atoms with Gasteiger partial charge in [-0.2, -0.15) is 5.26 Å². The molecule has 1 aromatic heterocycles. The average Bonchev–Trinajstić information content (AvgIpc) is 3.48.